The zero-order valence-corrected chi connectivity index (χ0v) is 10.4. The lowest BCUT2D eigenvalue weighted by Crippen LogP contribution is -2.33. The van der Waals surface area contributed by atoms with Crippen LogP contribution in [0.15, 0.2) is 48.8 Å². The Morgan fingerprint density at radius 3 is 2.45 bits per heavy atom. The molecule has 6 heteroatoms. The lowest BCUT2D eigenvalue weighted by atomic mass is 10.1. The van der Waals surface area contributed by atoms with Gasteiger partial charge in [0.15, 0.2) is 6.04 Å². The van der Waals surface area contributed by atoms with E-state index in [4.69, 9.17) is 0 Å². The predicted molar refractivity (Wildman–Crippen MR) is 70.2 cm³/mol. The van der Waals surface area contributed by atoms with Crippen molar-refractivity contribution in [2.45, 2.75) is 6.04 Å². The number of carbonyl (C=O) groups is 2. The fourth-order valence-corrected chi connectivity index (χ4v) is 1.70. The maximum Gasteiger partial charge on any atom is 0.330 e. The highest BCUT2D eigenvalue weighted by molar-refractivity contribution is 5.96. The Balaban J connectivity index is 2.21. The van der Waals surface area contributed by atoms with Crippen molar-refractivity contribution in [3.05, 3.63) is 59.9 Å². The van der Waals surface area contributed by atoms with Gasteiger partial charge in [-0.05, 0) is 11.6 Å². The van der Waals surface area contributed by atoms with E-state index in [1.165, 1.54) is 18.5 Å². The monoisotopic (exact) mass is 272 g/mol. The van der Waals surface area contributed by atoms with Crippen LogP contribution in [-0.4, -0.2) is 27.1 Å². The second-order valence-corrected chi connectivity index (χ2v) is 4.09. The fourth-order valence-electron chi connectivity index (χ4n) is 1.70. The van der Waals surface area contributed by atoms with Crippen LogP contribution < -0.4 is 5.32 Å². The summed E-state index contributed by atoms with van der Waals surface area (Å²) in [4.78, 5) is 26.9. The Morgan fingerprint density at radius 1 is 1.15 bits per heavy atom. The van der Waals surface area contributed by atoms with Crippen LogP contribution in [0.3, 0.4) is 0 Å². The number of amides is 1. The topological polar surface area (TPSA) is 99.5 Å². The Kier molecular flexibility index (Phi) is 3.95. The minimum atomic E-state index is -1.17. The van der Waals surface area contributed by atoms with Gasteiger partial charge in [0, 0.05) is 6.20 Å². The minimum Gasteiger partial charge on any atom is -0.506 e. The number of pyridine rings is 1. The van der Waals surface area contributed by atoms with Crippen LogP contribution >= 0.6 is 0 Å². The summed E-state index contributed by atoms with van der Waals surface area (Å²) in [6.45, 7) is 0. The van der Waals surface area contributed by atoms with Gasteiger partial charge in [-0.3, -0.25) is 9.78 Å². The number of nitrogens with one attached hydrogen (secondary N) is 1. The van der Waals surface area contributed by atoms with Crippen molar-refractivity contribution in [3.63, 3.8) is 0 Å². The number of aromatic hydroxyl groups is 1. The highest BCUT2D eigenvalue weighted by atomic mass is 16.4. The predicted octanol–water partition coefficient (Wildman–Crippen LogP) is 1.34. The van der Waals surface area contributed by atoms with Crippen molar-refractivity contribution < 1.29 is 19.8 Å². The summed E-state index contributed by atoms with van der Waals surface area (Å²) in [5.41, 5.74) is 0.550. The van der Waals surface area contributed by atoms with E-state index in [1.807, 2.05) is 0 Å². The first-order valence-corrected chi connectivity index (χ1v) is 5.80. The molecule has 0 spiro atoms. The zero-order chi connectivity index (χ0) is 14.5. The van der Waals surface area contributed by atoms with Crippen molar-refractivity contribution in [1.82, 2.24) is 10.3 Å². The number of aliphatic carboxylic acids is 1. The van der Waals surface area contributed by atoms with Gasteiger partial charge >= 0.3 is 5.97 Å². The molecular formula is C14H12N2O4. The second kappa shape index (κ2) is 5.83. The van der Waals surface area contributed by atoms with Gasteiger partial charge < -0.3 is 15.5 Å². The standard InChI is InChI=1S/C14H12N2O4/c17-11-6-10(7-15-8-11)13(18)16-12(14(19)20)9-4-2-1-3-5-9/h1-8,12,17H,(H,16,18)(H,19,20)/t12-/m1/s1. The Morgan fingerprint density at radius 2 is 1.85 bits per heavy atom. The second-order valence-electron chi connectivity index (χ2n) is 4.09. The van der Waals surface area contributed by atoms with E-state index in [-0.39, 0.29) is 11.3 Å². The number of benzene rings is 1. The molecule has 1 atom stereocenters. The number of hydrogen-bond acceptors (Lipinski definition) is 4. The molecule has 1 aromatic carbocycles. The van der Waals surface area contributed by atoms with Gasteiger partial charge in [-0.2, -0.15) is 0 Å². The molecule has 0 unspecified atom stereocenters. The third kappa shape index (κ3) is 3.11. The molecule has 0 aliphatic carbocycles. The van der Waals surface area contributed by atoms with Crippen molar-refractivity contribution in [2.24, 2.45) is 0 Å². The summed E-state index contributed by atoms with van der Waals surface area (Å²) in [5.74, 6) is -1.95. The van der Waals surface area contributed by atoms with Gasteiger partial charge in [0.2, 0.25) is 0 Å². The molecule has 0 radical (unpaired) electrons. The van der Waals surface area contributed by atoms with Crippen molar-refractivity contribution in [3.8, 4) is 5.75 Å². The minimum absolute atomic E-state index is 0.0900. The Bertz CT molecular complexity index is 628. The summed E-state index contributed by atoms with van der Waals surface area (Å²) in [5, 5.41) is 20.8. The molecule has 20 heavy (non-hydrogen) atoms. The van der Waals surface area contributed by atoms with E-state index in [2.05, 4.69) is 10.3 Å². The van der Waals surface area contributed by atoms with Crippen LogP contribution in [-0.2, 0) is 4.79 Å². The van der Waals surface area contributed by atoms with E-state index in [1.54, 1.807) is 30.3 Å². The molecule has 0 bridgehead atoms. The van der Waals surface area contributed by atoms with Gasteiger partial charge in [-0.15, -0.1) is 0 Å². The Hall–Kier alpha value is -2.89. The van der Waals surface area contributed by atoms with Crippen molar-refractivity contribution in [1.29, 1.82) is 0 Å². The lowest BCUT2D eigenvalue weighted by Gasteiger charge is -2.14. The van der Waals surface area contributed by atoms with Gasteiger partial charge in [0.1, 0.15) is 5.75 Å². The maximum absolute atomic E-state index is 12.0. The molecule has 0 saturated heterocycles. The van der Waals surface area contributed by atoms with Gasteiger partial charge in [-0.1, -0.05) is 30.3 Å². The van der Waals surface area contributed by atoms with Crippen molar-refractivity contribution >= 4 is 11.9 Å². The summed E-state index contributed by atoms with van der Waals surface area (Å²) in [6.07, 6.45) is 2.43. The molecule has 102 valence electrons. The number of hydrogen-bond donors (Lipinski definition) is 3. The number of carboxylic acids is 1. The molecule has 0 aliphatic rings. The van der Waals surface area contributed by atoms with Crippen LogP contribution in [0.1, 0.15) is 22.0 Å². The largest absolute Gasteiger partial charge is 0.506 e. The van der Waals surface area contributed by atoms with Crippen LogP contribution in [0.5, 0.6) is 5.75 Å². The van der Waals surface area contributed by atoms with Crippen LogP contribution in [0.25, 0.3) is 0 Å². The summed E-state index contributed by atoms with van der Waals surface area (Å²) < 4.78 is 0. The molecule has 0 saturated carbocycles. The summed E-state index contributed by atoms with van der Waals surface area (Å²) >= 11 is 0. The average Bonchev–Trinajstić information content (AvgIpc) is 2.45. The quantitative estimate of drug-likeness (QED) is 0.780. The molecular weight excluding hydrogens is 260 g/mol. The summed E-state index contributed by atoms with van der Waals surface area (Å²) in [6, 6.07) is 8.40. The number of carboxylic acid groups (broad SMARTS) is 1. The van der Waals surface area contributed by atoms with Gasteiger partial charge in [-0.25, -0.2) is 4.79 Å². The first-order valence-electron chi connectivity index (χ1n) is 5.80. The summed E-state index contributed by atoms with van der Waals surface area (Å²) in [7, 11) is 0. The molecule has 0 fully saturated rings. The highest BCUT2D eigenvalue weighted by Crippen LogP contribution is 2.15. The molecule has 6 nitrogen and oxygen atoms in total. The third-order valence-electron chi connectivity index (χ3n) is 2.64. The van der Waals surface area contributed by atoms with E-state index in [0.29, 0.717) is 5.56 Å². The molecule has 2 rings (SSSR count). The average molecular weight is 272 g/mol. The SMILES string of the molecule is O=C(N[C@@H](C(=O)O)c1ccccc1)c1cncc(O)c1. The highest BCUT2D eigenvalue weighted by Gasteiger charge is 2.22. The first kappa shape index (κ1) is 13.5. The van der Waals surface area contributed by atoms with E-state index in [9.17, 15) is 19.8 Å². The number of aromatic nitrogens is 1. The molecule has 2 aromatic rings. The van der Waals surface area contributed by atoms with E-state index >= 15 is 0 Å². The van der Waals surface area contributed by atoms with Crippen LogP contribution in [0.4, 0.5) is 0 Å². The molecule has 0 aliphatic heterocycles. The van der Waals surface area contributed by atoms with Gasteiger partial charge in [0.25, 0.3) is 5.91 Å². The van der Waals surface area contributed by atoms with Gasteiger partial charge in [0.05, 0.1) is 11.8 Å². The molecule has 1 amide bonds. The Labute approximate surface area is 114 Å². The molecule has 1 aromatic heterocycles. The third-order valence-corrected chi connectivity index (χ3v) is 2.64. The molecule has 3 N–H and O–H groups in total. The molecule has 1 heterocycles. The first-order chi connectivity index (χ1) is 9.58. The van der Waals surface area contributed by atoms with Crippen LogP contribution in [0.2, 0.25) is 0 Å². The van der Waals surface area contributed by atoms with Crippen LogP contribution in [0, 0.1) is 0 Å². The lowest BCUT2D eigenvalue weighted by molar-refractivity contribution is -0.139. The van der Waals surface area contributed by atoms with E-state index in [0.717, 1.165) is 0 Å². The number of nitrogens with zero attached hydrogens (tertiary/aromatic N) is 1. The number of rotatable bonds is 4. The smallest absolute Gasteiger partial charge is 0.330 e. The van der Waals surface area contributed by atoms with Crippen molar-refractivity contribution in [2.75, 3.05) is 0 Å². The maximum atomic E-state index is 12.0. The van der Waals surface area contributed by atoms with E-state index < -0.39 is 17.9 Å². The number of carbonyl (C=O) groups excluding carboxylic acids is 1. The zero-order valence-electron chi connectivity index (χ0n) is 10.4. The fraction of sp³-hybridized carbons (Fsp3) is 0.0714. The normalized spacial score (nSPS) is 11.6.